The van der Waals surface area contributed by atoms with Crippen LogP contribution in [0, 0.1) is 5.92 Å². The Hall–Kier alpha value is -0.180. The minimum Gasteiger partial charge on any atom is -0.356 e. The number of amides is 1. The lowest BCUT2D eigenvalue weighted by Gasteiger charge is -2.10. The Morgan fingerprint density at radius 2 is 2.25 bits per heavy atom. The molecule has 0 aliphatic carbocycles. The van der Waals surface area contributed by atoms with E-state index in [9.17, 15) is 4.79 Å². The summed E-state index contributed by atoms with van der Waals surface area (Å²) in [6.07, 6.45) is 4.06. The summed E-state index contributed by atoms with van der Waals surface area (Å²) in [5, 5.41) is 2.89. The van der Waals surface area contributed by atoms with Gasteiger partial charge in [-0.15, -0.1) is 0 Å². The molecule has 3 heteroatoms. The third-order valence-corrected chi connectivity index (χ3v) is 2.40. The summed E-state index contributed by atoms with van der Waals surface area (Å²) in [7, 11) is 0. The Bertz CT molecular complexity index is 128. The van der Waals surface area contributed by atoms with E-state index in [1.54, 1.807) is 11.8 Å². The van der Waals surface area contributed by atoms with Crippen LogP contribution in [0.25, 0.3) is 0 Å². The molecule has 1 atom stereocenters. The van der Waals surface area contributed by atoms with Crippen molar-refractivity contribution in [1.29, 1.82) is 0 Å². The van der Waals surface area contributed by atoms with E-state index in [1.807, 2.05) is 6.92 Å². The largest absolute Gasteiger partial charge is 0.356 e. The summed E-state index contributed by atoms with van der Waals surface area (Å²) >= 11 is 1.79. The molecule has 0 saturated heterocycles. The number of hydrogen-bond acceptors (Lipinski definition) is 2. The van der Waals surface area contributed by atoms with E-state index in [0.29, 0.717) is 0 Å². The van der Waals surface area contributed by atoms with Crippen LogP contribution in [-0.2, 0) is 4.79 Å². The zero-order valence-electron chi connectivity index (χ0n) is 8.22. The van der Waals surface area contributed by atoms with E-state index >= 15 is 0 Å². The fraction of sp³-hybridized carbons (Fsp3) is 0.889. The predicted octanol–water partition coefficient (Wildman–Crippen LogP) is 1.90. The Morgan fingerprint density at radius 3 is 2.75 bits per heavy atom. The van der Waals surface area contributed by atoms with Gasteiger partial charge in [0.05, 0.1) is 0 Å². The van der Waals surface area contributed by atoms with Crippen LogP contribution in [0.1, 0.15) is 26.7 Å². The fourth-order valence-corrected chi connectivity index (χ4v) is 1.44. The molecule has 1 unspecified atom stereocenters. The van der Waals surface area contributed by atoms with E-state index in [0.717, 1.165) is 25.1 Å². The Morgan fingerprint density at radius 1 is 1.58 bits per heavy atom. The van der Waals surface area contributed by atoms with Crippen LogP contribution in [0.3, 0.4) is 0 Å². The molecule has 0 aliphatic rings. The second kappa shape index (κ2) is 7.47. The SMILES string of the molecule is CCCNC(=O)C(C)CCSC. The van der Waals surface area contributed by atoms with Crippen LogP contribution in [-0.4, -0.2) is 24.5 Å². The molecule has 0 heterocycles. The van der Waals surface area contributed by atoms with Crippen molar-refractivity contribution >= 4 is 17.7 Å². The minimum atomic E-state index is 0.170. The topological polar surface area (TPSA) is 29.1 Å². The molecule has 0 saturated carbocycles. The van der Waals surface area contributed by atoms with E-state index in [2.05, 4.69) is 18.5 Å². The van der Waals surface area contributed by atoms with Gasteiger partial charge in [-0.3, -0.25) is 4.79 Å². The minimum absolute atomic E-state index is 0.170. The first kappa shape index (κ1) is 11.8. The van der Waals surface area contributed by atoms with E-state index in [1.165, 1.54) is 0 Å². The molecule has 0 aliphatic heterocycles. The highest BCUT2D eigenvalue weighted by atomic mass is 32.2. The second-order valence-electron chi connectivity index (χ2n) is 2.97. The van der Waals surface area contributed by atoms with Crippen molar-refractivity contribution in [2.75, 3.05) is 18.6 Å². The lowest BCUT2D eigenvalue weighted by Crippen LogP contribution is -2.29. The third-order valence-electron chi connectivity index (χ3n) is 1.75. The number of nitrogens with one attached hydrogen (secondary N) is 1. The summed E-state index contributed by atoms with van der Waals surface area (Å²) in [4.78, 5) is 11.3. The van der Waals surface area contributed by atoms with Crippen molar-refractivity contribution < 1.29 is 4.79 Å². The third kappa shape index (κ3) is 5.47. The number of carbonyl (C=O) groups is 1. The van der Waals surface area contributed by atoms with Crippen molar-refractivity contribution in [3.63, 3.8) is 0 Å². The van der Waals surface area contributed by atoms with Gasteiger partial charge in [0.2, 0.25) is 5.91 Å². The molecule has 0 fully saturated rings. The van der Waals surface area contributed by atoms with Crippen LogP contribution in [0.2, 0.25) is 0 Å². The highest BCUT2D eigenvalue weighted by molar-refractivity contribution is 7.98. The average molecular weight is 189 g/mol. The van der Waals surface area contributed by atoms with Gasteiger partial charge in [-0.05, 0) is 24.9 Å². The van der Waals surface area contributed by atoms with Crippen molar-refractivity contribution in [3.05, 3.63) is 0 Å². The number of rotatable bonds is 6. The Balaban J connectivity index is 3.47. The molecule has 0 bridgehead atoms. The molecule has 0 aromatic carbocycles. The van der Waals surface area contributed by atoms with Crippen molar-refractivity contribution in [2.24, 2.45) is 5.92 Å². The van der Waals surface area contributed by atoms with Gasteiger partial charge in [-0.25, -0.2) is 0 Å². The molecule has 0 aromatic rings. The Labute approximate surface area is 79.5 Å². The zero-order valence-corrected chi connectivity index (χ0v) is 9.04. The van der Waals surface area contributed by atoms with Gasteiger partial charge in [0.25, 0.3) is 0 Å². The first-order chi connectivity index (χ1) is 5.72. The lowest BCUT2D eigenvalue weighted by atomic mass is 10.1. The lowest BCUT2D eigenvalue weighted by molar-refractivity contribution is -0.124. The van der Waals surface area contributed by atoms with Gasteiger partial charge in [0.1, 0.15) is 0 Å². The molecule has 0 aromatic heterocycles. The molecular formula is C9H19NOS. The van der Waals surface area contributed by atoms with Crippen LogP contribution < -0.4 is 5.32 Å². The monoisotopic (exact) mass is 189 g/mol. The molecule has 1 amide bonds. The molecule has 1 N–H and O–H groups in total. The van der Waals surface area contributed by atoms with Crippen LogP contribution in [0.5, 0.6) is 0 Å². The smallest absolute Gasteiger partial charge is 0.222 e. The van der Waals surface area contributed by atoms with E-state index < -0.39 is 0 Å². The van der Waals surface area contributed by atoms with E-state index in [-0.39, 0.29) is 11.8 Å². The fourth-order valence-electron chi connectivity index (χ4n) is 0.848. The highest BCUT2D eigenvalue weighted by Gasteiger charge is 2.10. The van der Waals surface area contributed by atoms with Gasteiger partial charge in [-0.1, -0.05) is 13.8 Å². The molecule has 72 valence electrons. The number of thioether (sulfide) groups is 1. The summed E-state index contributed by atoms with van der Waals surface area (Å²) in [6, 6.07) is 0. The quantitative estimate of drug-likeness (QED) is 0.691. The number of hydrogen-bond donors (Lipinski definition) is 1. The normalized spacial score (nSPS) is 12.6. The maximum absolute atomic E-state index is 11.3. The molecule has 12 heavy (non-hydrogen) atoms. The van der Waals surface area contributed by atoms with Crippen molar-refractivity contribution in [3.8, 4) is 0 Å². The van der Waals surface area contributed by atoms with Crippen LogP contribution >= 0.6 is 11.8 Å². The van der Waals surface area contributed by atoms with Crippen molar-refractivity contribution in [2.45, 2.75) is 26.7 Å². The molecule has 0 rings (SSSR count). The molecule has 0 spiro atoms. The van der Waals surface area contributed by atoms with Gasteiger partial charge in [0.15, 0.2) is 0 Å². The summed E-state index contributed by atoms with van der Waals surface area (Å²) < 4.78 is 0. The van der Waals surface area contributed by atoms with Gasteiger partial charge in [-0.2, -0.15) is 11.8 Å². The standard InChI is InChI=1S/C9H19NOS/c1-4-6-10-9(11)8(2)5-7-12-3/h8H,4-7H2,1-3H3,(H,10,11). The first-order valence-electron chi connectivity index (χ1n) is 4.49. The Kier molecular flexibility index (Phi) is 7.36. The second-order valence-corrected chi connectivity index (χ2v) is 3.96. The summed E-state index contributed by atoms with van der Waals surface area (Å²) in [5.74, 6) is 1.44. The van der Waals surface area contributed by atoms with Crippen LogP contribution in [0.4, 0.5) is 0 Å². The molecule has 0 radical (unpaired) electrons. The molecule has 2 nitrogen and oxygen atoms in total. The zero-order chi connectivity index (χ0) is 9.40. The maximum atomic E-state index is 11.3. The maximum Gasteiger partial charge on any atom is 0.222 e. The average Bonchev–Trinajstić information content (AvgIpc) is 2.10. The van der Waals surface area contributed by atoms with Gasteiger partial charge >= 0.3 is 0 Å². The summed E-state index contributed by atoms with van der Waals surface area (Å²) in [6.45, 7) is 4.86. The number of carbonyl (C=O) groups excluding carboxylic acids is 1. The van der Waals surface area contributed by atoms with Crippen molar-refractivity contribution in [1.82, 2.24) is 5.32 Å². The van der Waals surface area contributed by atoms with E-state index in [4.69, 9.17) is 0 Å². The molecular weight excluding hydrogens is 170 g/mol. The first-order valence-corrected chi connectivity index (χ1v) is 5.88. The van der Waals surface area contributed by atoms with Crippen LogP contribution in [0.15, 0.2) is 0 Å². The van der Waals surface area contributed by atoms with Gasteiger partial charge in [0, 0.05) is 12.5 Å². The highest BCUT2D eigenvalue weighted by Crippen LogP contribution is 2.06. The predicted molar refractivity (Wildman–Crippen MR) is 55.5 cm³/mol. The van der Waals surface area contributed by atoms with Gasteiger partial charge < -0.3 is 5.32 Å². The summed E-state index contributed by atoms with van der Waals surface area (Å²) in [5.41, 5.74) is 0.